The maximum absolute atomic E-state index is 4.32. The largest absolute Gasteiger partial charge is 0.354 e. The van der Waals surface area contributed by atoms with Crippen LogP contribution in [0.15, 0.2) is 22.5 Å². The minimum absolute atomic E-state index is 0. The minimum atomic E-state index is 0. The van der Waals surface area contributed by atoms with Crippen LogP contribution < -0.4 is 10.6 Å². The van der Waals surface area contributed by atoms with Crippen molar-refractivity contribution in [2.75, 3.05) is 20.1 Å². The molecular weight excluding hydrogens is 395 g/mol. The molecular formula is C15H27IN4S. The predicted octanol–water partition coefficient (Wildman–Crippen LogP) is 2.90. The molecule has 2 N–H and O–H groups in total. The molecule has 2 heterocycles. The van der Waals surface area contributed by atoms with Gasteiger partial charge in [0.2, 0.25) is 0 Å². The monoisotopic (exact) mass is 422 g/mol. The molecule has 1 aliphatic rings. The van der Waals surface area contributed by atoms with E-state index in [-0.39, 0.29) is 24.0 Å². The smallest absolute Gasteiger partial charge is 0.191 e. The normalized spacial score (nSPS) is 17.6. The third-order valence-electron chi connectivity index (χ3n) is 3.83. The van der Waals surface area contributed by atoms with Gasteiger partial charge in [0.25, 0.3) is 0 Å². The van der Waals surface area contributed by atoms with Gasteiger partial charge in [0.1, 0.15) is 0 Å². The molecule has 0 amide bonds. The molecule has 1 saturated heterocycles. The van der Waals surface area contributed by atoms with Gasteiger partial charge in [-0.15, -0.1) is 35.3 Å². The van der Waals surface area contributed by atoms with Gasteiger partial charge in [-0.05, 0) is 38.1 Å². The van der Waals surface area contributed by atoms with Crippen molar-refractivity contribution < 1.29 is 0 Å². The van der Waals surface area contributed by atoms with Crippen molar-refractivity contribution in [2.24, 2.45) is 4.99 Å². The molecule has 21 heavy (non-hydrogen) atoms. The first-order valence-electron chi connectivity index (χ1n) is 7.42. The Kier molecular flexibility index (Phi) is 8.58. The third-order valence-corrected chi connectivity index (χ3v) is 4.71. The molecule has 0 saturated carbocycles. The number of rotatable bonds is 4. The molecule has 2 rings (SSSR count). The van der Waals surface area contributed by atoms with Crippen LogP contribution in [0.3, 0.4) is 0 Å². The summed E-state index contributed by atoms with van der Waals surface area (Å²) in [7, 11) is 1.84. The predicted molar refractivity (Wildman–Crippen MR) is 103 cm³/mol. The fraction of sp³-hybridized carbons (Fsp3) is 0.667. The lowest BCUT2D eigenvalue weighted by Crippen LogP contribution is -2.49. The molecule has 0 bridgehead atoms. The second-order valence-electron chi connectivity index (χ2n) is 5.55. The Morgan fingerprint density at radius 1 is 1.43 bits per heavy atom. The highest BCUT2D eigenvalue weighted by molar-refractivity contribution is 14.0. The second-order valence-corrected chi connectivity index (χ2v) is 6.59. The molecule has 120 valence electrons. The van der Waals surface area contributed by atoms with Crippen LogP contribution in [0.1, 0.15) is 31.6 Å². The number of nitrogens with one attached hydrogen (secondary N) is 2. The molecule has 0 aromatic carbocycles. The van der Waals surface area contributed by atoms with Crippen molar-refractivity contribution >= 4 is 41.3 Å². The van der Waals surface area contributed by atoms with Gasteiger partial charge >= 0.3 is 0 Å². The molecule has 0 spiro atoms. The summed E-state index contributed by atoms with van der Waals surface area (Å²) in [4.78, 5) is 8.20. The van der Waals surface area contributed by atoms with Crippen LogP contribution in [0.2, 0.25) is 0 Å². The zero-order valence-corrected chi connectivity index (χ0v) is 16.3. The lowest BCUT2D eigenvalue weighted by molar-refractivity contribution is 0.167. The summed E-state index contributed by atoms with van der Waals surface area (Å²) in [5.41, 5.74) is 0. The minimum Gasteiger partial charge on any atom is -0.354 e. The van der Waals surface area contributed by atoms with Gasteiger partial charge < -0.3 is 15.5 Å². The third kappa shape index (κ3) is 6.12. The highest BCUT2D eigenvalue weighted by Gasteiger charge is 2.21. The first-order chi connectivity index (χ1) is 9.69. The summed E-state index contributed by atoms with van der Waals surface area (Å²) in [5, 5.41) is 9.04. The second kappa shape index (κ2) is 9.63. The maximum atomic E-state index is 4.32. The van der Waals surface area contributed by atoms with E-state index < -0.39 is 0 Å². The fourth-order valence-electron chi connectivity index (χ4n) is 2.53. The number of hydrogen-bond acceptors (Lipinski definition) is 3. The average molecular weight is 422 g/mol. The van der Waals surface area contributed by atoms with E-state index in [0.29, 0.717) is 12.1 Å². The Morgan fingerprint density at radius 2 is 2.14 bits per heavy atom. The standard InChI is InChI=1S/C15H26N4S.HI/c1-12(2)19-8-6-13(7-9-19)18-15(16-3)17-11-14-5-4-10-20-14;/h4-5,10,12-13H,6-9,11H2,1-3H3,(H2,16,17,18);1H. The zero-order chi connectivity index (χ0) is 14.4. The van der Waals surface area contributed by atoms with Gasteiger partial charge in [0.05, 0.1) is 6.54 Å². The number of likely N-dealkylation sites (tertiary alicyclic amines) is 1. The number of nitrogens with zero attached hydrogens (tertiary/aromatic N) is 2. The SMILES string of the molecule is CN=C(NCc1cccs1)NC1CCN(C(C)C)CC1.I. The number of piperidine rings is 1. The first kappa shape index (κ1) is 18.7. The summed E-state index contributed by atoms with van der Waals surface area (Å²) < 4.78 is 0. The van der Waals surface area contributed by atoms with E-state index in [1.807, 2.05) is 7.05 Å². The fourth-order valence-corrected chi connectivity index (χ4v) is 3.18. The molecule has 1 aromatic heterocycles. The van der Waals surface area contributed by atoms with E-state index in [4.69, 9.17) is 0 Å². The Balaban J connectivity index is 0.00000220. The van der Waals surface area contributed by atoms with Gasteiger partial charge in [-0.25, -0.2) is 0 Å². The molecule has 4 nitrogen and oxygen atoms in total. The summed E-state index contributed by atoms with van der Waals surface area (Å²) in [5.74, 6) is 0.918. The van der Waals surface area contributed by atoms with E-state index in [1.54, 1.807) is 11.3 Å². The summed E-state index contributed by atoms with van der Waals surface area (Å²) in [6, 6.07) is 5.43. The van der Waals surface area contributed by atoms with Crippen LogP contribution >= 0.6 is 35.3 Å². The highest BCUT2D eigenvalue weighted by atomic mass is 127. The van der Waals surface area contributed by atoms with Gasteiger partial charge in [-0.3, -0.25) is 4.99 Å². The van der Waals surface area contributed by atoms with Gasteiger partial charge in [0, 0.05) is 37.1 Å². The van der Waals surface area contributed by atoms with Crippen LogP contribution in [-0.4, -0.2) is 43.1 Å². The zero-order valence-electron chi connectivity index (χ0n) is 13.1. The van der Waals surface area contributed by atoms with Crippen molar-refractivity contribution in [3.05, 3.63) is 22.4 Å². The Labute approximate surface area is 149 Å². The van der Waals surface area contributed by atoms with Crippen molar-refractivity contribution in [3.8, 4) is 0 Å². The average Bonchev–Trinajstić information content (AvgIpc) is 2.97. The summed E-state index contributed by atoms with van der Waals surface area (Å²) in [6.07, 6.45) is 2.38. The lowest BCUT2D eigenvalue weighted by atomic mass is 10.0. The molecule has 6 heteroatoms. The van der Waals surface area contributed by atoms with E-state index in [0.717, 1.165) is 12.5 Å². The van der Waals surface area contributed by atoms with Crippen LogP contribution in [0.25, 0.3) is 0 Å². The number of hydrogen-bond donors (Lipinski definition) is 2. The number of aliphatic imine (C=N–C) groups is 1. The quantitative estimate of drug-likeness (QED) is 0.446. The first-order valence-corrected chi connectivity index (χ1v) is 8.30. The Morgan fingerprint density at radius 3 is 2.67 bits per heavy atom. The molecule has 0 radical (unpaired) electrons. The van der Waals surface area contributed by atoms with Crippen LogP contribution in [0.4, 0.5) is 0 Å². The molecule has 0 atom stereocenters. The number of thiophene rings is 1. The molecule has 0 aliphatic carbocycles. The van der Waals surface area contributed by atoms with Gasteiger partial charge in [-0.2, -0.15) is 0 Å². The van der Waals surface area contributed by atoms with Gasteiger partial charge in [0.15, 0.2) is 5.96 Å². The van der Waals surface area contributed by atoms with Crippen LogP contribution in [-0.2, 0) is 6.54 Å². The molecule has 0 unspecified atom stereocenters. The van der Waals surface area contributed by atoms with E-state index in [1.165, 1.54) is 30.8 Å². The molecule has 1 fully saturated rings. The summed E-state index contributed by atoms with van der Waals surface area (Å²) in [6.45, 7) is 7.75. The van der Waals surface area contributed by atoms with E-state index in [9.17, 15) is 0 Å². The van der Waals surface area contributed by atoms with Crippen molar-refractivity contribution in [1.29, 1.82) is 0 Å². The van der Waals surface area contributed by atoms with E-state index in [2.05, 4.69) is 51.9 Å². The highest BCUT2D eigenvalue weighted by Crippen LogP contribution is 2.13. The molecule has 1 aromatic rings. The lowest BCUT2D eigenvalue weighted by Gasteiger charge is -2.35. The number of guanidine groups is 1. The summed E-state index contributed by atoms with van der Waals surface area (Å²) >= 11 is 1.77. The van der Waals surface area contributed by atoms with Crippen LogP contribution in [0, 0.1) is 0 Å². The topological polar surface area (TPSA) is 39.7 Å². The Bertz CT molecular complexity index is 411. The van der Waals surface area contributed by atoms with Gasteiger partial charge in [-0.1, -0.05) is 6.07 Å². The number of halogens is 1. The van der Waals surface area contributed by atoms with Crippen molar-refractivity contribution in [2.45, 2.75) is 45.3 Å². The van der Waals surface area contributed by atoms with Crippen molar-refractivity contribution in [3.63, 3.8) is 0 Å². The van der Waals surface area contributed by atoms with E-state index >= 15 is 0 Å². The Hall–Kier alpha value is -0.340. The van der Waals surface area contributed by atoms with Crippen molar-refractivity contribution in [1.82, 2.24) is 15.5 Å². The maximum Gasteiger partial charge on any atom is 0.191 e. The molecule has 1 aliphatic heterocycles. The van der Waals surface area contributed by atoms with Crippen LogP contribution in [0.5, 0.6) is 0 Å².